The fraction of sp³-hybridized carbons (Fsp3) is 0. The van der Waals surface area contributed by atoms with Crippen molar-refractivity contribution in [3.05, 3.63) is 36.3 Å². The Morgan fingerprint density at radius 2 is 1.84 bits per heavy atom. The summed E-state index contributed by atoms with van der Waals surface area (Å²) in [5.41, 5.74) is 7.80. The van der Waals surface area contributed by atoms with E-state index in [2.05, 4.69) is 57.8 Å². The van der Waals surface area contributed by atoms with Gasteiger partial charge in [0.25, 0.3) is 0 Å². The SMILES string of the molecule is Nc1nc(-c2cc(Br)sc2Br)nc2ccc(Br)cc12. The molecule has 0 saturated heterocycles. The summed E-state index contributed by atoms with van der Waals surface area (Å²) >= 11 is 12.0. The minimum Gasteiger partial charge on any atom is -0.383 e. The van der Waals surface area contributed by atoms with Gasteiger partial charge in [-0.05, 0) is 56.1 Å². The van der Waals surface area contributed by atoms with Crippen LogP contribution < -0.4 is 5.73 Å². The third-order valence-electron chi connectivity index (χ3n) is 2.58. The molecule has 2 aromatic heterocycles. The van der Waals surface area contributed by atoms with Gasteiger partial charge in [-0.15, -0.1) is 11.3 Å². The van der Waals surface area contributed by atoms with E-state index in [1.165, 1.54) is 0 Å². The molecule has 2 N–H and O–H groups in total. The summed E-state index contributed by atoms with van der Waals surface area (Å²) in [6.45, 7) is 0. The van der Waals surface area contributed by atoms with Crippen LogP contribution in [0.15, 0.2) is 36.3 Å². The average Bonchev–Trinajstić information content (AvgIpc) is 2.69. The average molecular weight is 464 g/mol. The zero-order chi connectivity index (χ0) is 13.6. The number of thiophene rings is 1. The number of benzene rings is 1. The third-order valence-corrected chi connectivity index (χ3v) is 5.42. The predicted molar refractivity (Wildman–Crippen MR) is 90.4 cm³/mol. The highest BCUT2D eigenvalue weighted by molar-refractivity contribution is 9.12. The first kappa shape index (κ1) is 13.5. The molecule has 0 amide bonds. The van der Waals surface area contributed by atoms with Crippen LogP contribution in [0.3, 0.4) is 0 Å². The molecule has 1 aromatic carbocycles. The Hall–Kier alpha value is -0.500. The summed E-state index contributed by atoms with van der Waals surface area (Å²) < 4.78 is 2.96. The van der Waals surface area contributed by atoms with Crippen LogP contribution in [-0.2, 0) is 0 Å². The number of halogens is 3. The fourth-order valence-corrected chi connectivity index (χ4v) is 4.89. The van der Waals surface area contributed by atoms with Crippen LogP contribution in [0.2, 0.25) is 0 Å². The minimum absolute atomic E-state index is 0.482. The first-order chi connectivity index (χ1) is 9.04. The van der Waals surface area contributed by atoms with Gasteiger partial charge in [-0.1, -0.05) is 15.9 Å². The van der Waals surface area contributed by atoms with Gasteiger partial charge in [0, 0.05) is 15.4 Å². The molecule has 0 fully saturated rings. The molecular formula is C12H6Br3N3S. The normalized spacial score (nSPS) is 11.1. The van der Waals surface area contributed by atoms with Crippen molar-refractivity contribution in [1.82, 2.24) is 9.97 Å². The Kier molecular flexibility index (Phi) is 3.63. The zero-order valence-electron chi connectivity index (χ0n) is 9.32. The first-order valence-electron chi connectivity index (χ1n) is 5.22. The maximum atomic E-state index is 6.02. The number of rotatable bonds is 1. The lowest BCUT2D eigenvalue weighted by molar-refractivity contribution is 1.23. The number of anilines is 1. The van der Waals surface area contributed by atoms with Gasteiger partial charge in [0.2, 0.25) is 0 Å². The molecule has 3 nitrogen and oxygen atoms in total. The van der Waals surface area contributed by atoms with Crippen molar-refractivity contribution in [2.45, 2.75) is 0 Å². The maximum Gasteiger partial charge on any atom is 0.164 e. The Morgan fingerprint density at radius 3 is 2.53 bits per heavy atom. The summed E-state index contributed by atoms with van der Waals surface area (Å²) in [6.07, 6.45) is 0. The van der Waals surface area contributed by atoms with Crippen LogP contribution >= 0.6 is 59.1 Å². The van der Waals surface area contributed by atoms with Crippen molar-refractivity contribution < 1.29 is 0 Å². The Morgan fingerprint density at radius 1 is 1.05 bits per heavy atom. The quantitative estimate of drug-likeness (QED) is 0.537. The van der Waals surface area contributed by atoms with Crippen LogP contribution in [0.4, 0.5) is 5.82 Å². The molecule has 3 rings (SSSR count). The Balaban J connectivity index is 2.26. The lowest BCUT2D eigenvalue weighted by Gasteiger charge is -2.05. The van der Waals surface area contributed by atoms with E-state index >= 15 is 0 Å². The molecule has 0 radical (unpaired) electrons. The highest BCUT2D eigenvalue weighted by atomic mass is 79.9. The van der Waals surface area contributed by atoms with Crippen molar-refractivity contribution in [2.24, 2.45) is 0 Å². The van der Waals surface area contributed by atoms with Crippen LogP contribution in [0.1, 0.15) is 0 Å². The summed E-state index contributed by atoms with van der Waals surface area (Å²) in [4.78, 5) is 8.95. The second-order valence-electron chi connectivity index (χ2n) is 3.83. The van der Waals surface area contributed by atoms with E-state index in [9.17, 15) is 0 Å². The molecule has 0 unspecified atom stereocenters. The number of hydrogen-bond acceptors (Lipinski definition) is 4. The van der Waals surface area contributed by atoms with Crippen LogP contribution in [0.25, 0.3) is 22.3 Å². The Bertz CT molecular complexity index is 785. The van der Waals surface area contributed by atoms with E-state index in [1.807, 2.05) is 24.3 Å². The molecule has 0 saturated carbocycles. The van der Waals surface area contributed by atoms with E-state index in [4.69, 9.17) is 5.73 Å². The zero-order valence-corrected chi connectivity index (χ0v) is 14.9. The van der Waals surface area contributed by atoms with Gasteiger partial charge in [0.1, 0.15) is 5.82 Å². The molecule has 96 valence electrons. The fourth-order valence-electron chi connectivity index (χ4n) is 1.74. The highest BCUT2D eigenvalue weighted by Crippen LogP contribution is 2.38. The lowest BCUT2D eigenvalue weighted by Crippen LogP contribution is -1.97. The number of fused-ring (bicyclic) bond motifs is 1. The van der Waals surface area contributed by atoms with Crippen molar-refractivity contribution in [3.8, 4) is 11.4 Å². The second-order valence-corrected chi connectivity index (χ2v) is 8.50. The van der Waals surface area contributed by atoms with Gasteiger partial charge in [-0.3, -0.25) is 0 Å². The van der Waals surface area contributed by atoms with E-state index < -0.39 is 0 Å². The largest absolute Gasteiger partial charge is 0.383 e. The summed E-state index contributed by atoms with van der Waals surface area (Å²) in [7, 11) is 0. The number of nitrogen functional groups attached to an aromatic ring is 1. The number of hydrogen-bond donors (Lipinski definition) is 1. The molecule has 7 heteroatoms. The molecule has 0 atom stereocenters. The monoisotopic (exact) mass is 461 g/mol. The maximum absolute atomic E-state index is 6.02. The predicted octanol–water partition coefficient (Wildman–Crippen LogP) is 5.23. The van der Waals surface area contributed by atoms with Gasteiger partial charge in [-0.25, -0.2) is 9.97 Å². The van der Waals surface area contributed by atoms with Crippen LogP contribution in [-0.4, -0.2) is 9.97 Å². The van der Waals surface area contributed by atoms with E-state index in [1.54, 1.807) is 11.3 Å². The summed E-state index contributed by atoms with van der Waals surface area (Å²) in [6, 6.07) is 7.77. The topological polar surface area (TPSA) is 51.8 Å². The van der Waals surface area contributed by atoms with E-state index in [0.717, 1.165) is 28.5 Å². The summed E-state index contributed by atoms with van der Waals surface area (Å²) in [5.74, 6) is 1.11. The van der Waals surface area contributed by atoms with E-state index in [-0.39, 0.29) is 0 Å². The summed E-state index contributed by atoms with van der Waals surface area (Å²) in [5, 5.41) is 0.851. The van der Waals surface area contributed by atoms with Crippen molar-refractivity contribution in [3.63, 3.8) is 0 Å². The molecule has 0 aliphatic carbocycles. The lowest BCUT2D eigenvalue weighted by atomic mass is 10.2. The van der Waals surface area contributed by atoms with Crippen molar-refractivity contribution >= 4 is 75.8 Å². The number of nitrogens with two attached hydrogens (primary N) is 1. The molecule has 19 heavy (non-hydrogen) atoms. The second kappa shape index (κ2) is 5.12. The van der Waals surface area contributed by atoms with Crippen LogP contribution in [0.5, 0.6) is 0 Å². The number of nitrogens with zero attached hydrogens (tertiary/aromatic N) is 2. The smallest absolute Gasteiger partial charge is 0.164 e. The Labute approximate surface area is 138 Å². The first-order valence-corrected chi connectivity index (χ1v) is 8.42. The molecule has 0 spiro atoms. The van der Waals surface area contributed by atoms with Gasteiger partial charge in [-0.2, -0.15) is 0 Å². The standard InChI is InChI=1S/C12H6Br3N3S/c13-5-1-2-8-6(3-5)11(16)18-12(17-8)7-4-9(14)19-10(7)15/h1-4H,(H2,16,17,18). The van der Waals surface area contributed by atoms with Gasteiger partial charge < -0.3 is 5.73 Å². The molecule has 0 bridgehead atoms. The molecular weight excluding hydrogens is 458 g/mol. The molecule has 0 aliphatic rings. The van der Waals surface area contributed by atoms with Crippen molar-refractivity contribution in [2.75, 3.05) is 5.73 Å². The van der Waals surface area contributed by atoms with Crippen LogP contribution in [0, 0.1) is 0 Å². The molecule has 3 aromatic rings. The van der Waals surface area contributed by atoms with Gasteiger partial charge in [0.05, 0.1) is 13.1 Å². The van der Waals surface area contributed by atoms with Gasteiger partial charge >= 0.3 is 0 Å². The van der Waals surface area contributed by atoms with Gasteiger partial charge in [0.15, 0.2) is 5.82 Å². The van der Waals surface area contributed by atoms with Crippen molar-refractivity contribution in [1.29, 1.82) is 0 Å². The third kappa shape index (κ3) is 2.56. The number of aromatic nitrogens is 2. The highest BCUT2D eigenvalue weighted by Gasteiger charge is 2.13. The van der Waals surface area contributed by atoms with E-state index in [0.29, 0.717) is 11.6 Å². The minimum atomic E-state index is 0.482. The molecule has 2 heterocycles. The molecule has 0 aliphatic heterocycles.